The highest BCUT2D eigenvalue weighted by Gasteiger charge is 2.09. The number of H-pyrrole nitrogens is 1. The fourth-order valence-corrected chi connectivity index (χ4v) is 2.30. The third-order valence-electron chi connectivity index (χ3n) is 3.49. The van der Waals surface area contributed by atoms with Crippen LogP contribution in [0.25, 0.3) is 10.9 Å². The summed E-state index contributed by atoms with van der Waals surface area (Å²) in [4.78, 5) is 0. The number of benzene rings is 2. The highest BCUT2D eigenvalue weighted by Crippen LogP contribution is 2.18. The average Bonchev–Trinajstić information content (AvgIpc) is 2.92. The van der Waals surface area contributed by atoms with Crippen LogP contribution in [0.15, 0.2) is 48.7 Å². The van der Waals surface area contributed by atoms with E-state index in [2.05, 4.69) is 27.6 Å². The molecule has 4 heteroatoms. The van der Waals surface area contributed by atoms with E-state index in [1.54, 1.807) is 12.3 Å². The van der Waals surface area contributed by atoms with Crippen molar-refractivity contribution in [3.8, 4) is 0 Å². The second-order valence-electron chi connectivity index (χ2n) is 4.92. The summed E-state index contributed by atoms with van der Waals surface area (Å²) >= 11 is 0. The number of rotatable bonds is 4. The SMILES string of the molecule is CC(NCc1ccc2cn[nH]c2c1)c1ccccc1F. The highest BCUT2D eigenvalue weighted by molar-refractivity contribution is 5.78. The van der Waals surface area contributed by atoms with Crippen LogP contribution in [0.1, 0.15) is 24.1 Å². The molecule has 0 amide bonds. The summed E-state index contributed by atoms with van der Waals surface area (Å²) in [6, 6.07) is 13.0. The molecule has 1 heterocycles. The summed E-state index contributed by atoms with van der Waals surface area (Å²) in [5, 5.41) is 11.4. The summed E-state index contributed by atoms with van der Waals surface area (Å²) in [6.45, 7) is 2.65. The van der Waals surface area contributed by atoms with Gasteiger partial charge in [0, 0.05) is 23.5 Å². The molecule has 0 saturated heterocycles. The zero-order valence-corrected chi connectivity index (χ0v) is 11.2. The molecular weight excluding hydrogens is 253 g/mol. The molecular formula is C16H16FN3. The van der Waals surface area contributed by atoms with E-state index in [1.165, 1.54) is 6.07 Å². The maximum absolute atomic E-state index is 13.7. The van der Waals surface area contributed by atoms with E-state index in [0.29, 0.717) is 12.1 Å². The lowest BCUT2D eigenvalue weighted by Crippen LogP contribution is -2.19. The van der Waals surface area contributed by atoms with E-state index in [9.17, 15) is 4.39 Å². The lowest BCUT2D eigenvalue weighted by Gasteiger charge is -2.15. The predicted octanol–water partition coefficient (Wildman–Crippen LogP) is 3.55. The maximum atomic E-state index is 13.7. The monoisotopic (exact) mass is 269 g/mol. The molecule has 3 rings (SSSR count). The summed E-state index contributed by atoms with van der Waals surface area (Å²) in [5.74, 6) is -0.170. The molecule has 3 aromatic rings. The van der Waals surface area contributed by atoms with Crippen LogP contribution in [0.3, 0.4) is 0 Å². The second kappa shape index (κ2) is 5.43. The fraction of sp³-hybridized carbons (Fsp3) is 0.188. The van der Waals surface area contributed by atoms with Crippen molar-refractivity contribution in [2.24, 2.45) is 0 Å². The Morgan fingerprint density at radius 3 is 2.95 bits per heavy atom. The zero-order valence-electron chi connectivity index (χ0n) is 11.2. The summed E-state index contributed by atoms with van der Waals surface area (Å²) in [5.41, 5.74) is 2.85. The van der Waals surface area contributed by atoms with E-state index in [4.69, 9.17) is 0 Å². The molecule has 3 nitrogen and oxygen atoms in total. The van der Waals surface area contributed by atoms with Crippen molar-refractivity contribution in [3.05, 3.63) is 65.6 Å². The second-order valence-corrected chi connectivity index (χ2v) is 4.92. The van der Waals surface area contributed by atoms with Crippen molar-refractivity contribution in [2.75, 3.05) is 0 Å². The minimum Gasteiger partial charge on any atom is -0.306 e. The molecule has 1 atom stereocenters. The van der Waals surface area contributed by atoms with Crippen molar-refractivity contribution < 1.29 is 4.39 Å². The minimum atomic E-state index is -0.170. The van der Waals surface area contributed by atoms with Gasteiger partial charge in [-0.05, 0) is 24.6 Å². The molecule has 0 aliphatic rings. The molecule has 102 valence electrons. The third kappa shape index (κ3) is 2.56. The number of nitrogens with one attached hydrogen (secondary N) is 2. The fourth-order valence-electron chi connectivity index (χ4n) is 2.30. The number of hydrogen-bond donors (Lipinski definition) is 2. The van der Waals surface area contributed by atoms with Crippen molar-refractivity contribution in [1.82, 2.24) is 15.5 Å². The van der Waals surface area contributed by atoms with Gasteiger partial charge in [-0.15, -0.1) is 0 Å². The zero-order chi connectivity index (χ0) is 13.9. The lowest BCUT2D eigenvalue weighted by molar-refractivity contribution is 0.528. The van der Waals surface area contributed by atoms with Crippen LogP contribution in [-0.2, 0) is 6.54 Å². The Balaban J connectivity index is 1.71. The van der Waals surface area contributed by atoms with E-state index in [-0.39, 0.29) is 11.9 Å². The number of halogens is 1. The van der Waals surface area contributed by atoms with Gasteiger partial charge in [0.2, 0.25) is 0 Å². The van der Waals surface area contributed by atoms with E-state index < -0.39 is 0 Å². The van der Waals surface area contributed by atoms with Gasteiger partial charge in [0.05, 0.1) is 11.7 Å². The number of aromatic nitrogens is 2. The van der Waals surface area contributed by atoms with Crippen molar-refractivity contribution in [3.63, 3.8) is 0 Å². The van der Waals surface area contributed by atoms with Crippen LogP contribution in [0.5, 0.6) is 0 Å². The summed E-state index contributed by atoms with van der Waals surface area (Å²) in [6.07, 6.45) is 1.80. The Morgan fingerprint density at radius 1 is 1.25 bits per heavy atom. The Kier molecular flexibility index (Phi) is 3.48. The minimum absolute atomic E-state index is 0.0336. The normalized spacial score (nSPS) is 12.7. The Labute approximate surface area is 116 Å². The first-order valence-corrected chi connectivity index (χ1v) is 6.64. The standard InChI is InChI=1S/C16H16FN3/c1-11(14-4-2-3-5-15(14)17)18-9-12-6-7-13-10-19-20-16(13)8-12/h2-8,10-11,18H,9H2,1H3,(H,19,20). The Hall–Kier alpha value is -2.20. The smallest absolute Gasteiger partial charge is 0.127 e. The maximum Gasteiger partial charge on any atom is 0.127 e. The van der Waals surface area contributed by atoms with Gasteiger partial charge in [-0.3, -0.25) is 5.10 Å². The van der Waals surface area contributed by atoms with E-state index in [1.807, 2.05) is 25.1 Å². The van der Waals surface area contributed by atoms with Crippen LogP contribution in [0, 0.1) is 5.82 Å². The largest absolute Gasteiger partial charge is 0.306 e. The number of aromatic amines is 1. The topological polar surface area (TPSA) is 40.7 Å². The lowest BCUT2D eigenvalue weighted by atomic mass is 10.1. The van der Waals surface area contributed by atoms with Gasteiger partial charge in [0.15, 0.2) is 0 Å². The van der Waals surface area contributed by atoms with Gasteiger partial charge >= 0.3 is 0 Å². The molecule has 2 N–H and O–H groups in total. The van der Waals surface area contributed by atoms with Crippen LogP contribution >= 0.6 is 0 Å². The molecule has 0 fully saturated rings. The molecule has 0 saturated carbocycles. The number of nitrogens with zero attached hydrogens (tertiary/aromatic N) is 1. The van der Waals surface area contributed by atoms with Gasteiger partial charge in [-0.2, -0.15) is 5.10 Å². The highest BCUT2D eigenvalue weighted by atomic mass is 19.1. The Morgan fingerprint density at radius 2 is 2.10 bits per heavy atom. The molecule has 0 radical (unpaired) electrons. The van der Waals surface area contributed by atoms with Crippen LogP contribution in [0.2, 0.25) is 0 Å². The van der Waals surface area contributed by atoms with Crippen LogP contribution in [0.4, 0.5) is 4.39 Å². The molecule has 1 aromatic heterocycles. The quantitative estimate of drug-likeness (QED) is 0.760. The van der Waals surface area contributed by atoms with E-state index >= 15 is 0 Å². The first-order valence-electron chi connectivity index (χ1n) is 6.64. The van der Waals surface area contributed by atoms with Gasteiger partial charge in [0.1, 0.15) is 5.82 Å². The van der Waals surface area contributed by atoms with Gasteiger partial charge in [-0.1, -0.05) is 30.3 Å². The van der Waals surface area contributed by atoms with Crippen LogP contribution in [-0.4, -0.2) is 10.2 Å². The van der Waals surface area contributed by atoms with Gasteiger partial charge in [-0.25, -0.2) is 4.39 Å². The molecule has 0 aliphatic heterocycles. The van der Waals surface area contributed by atoms with Crippen molar-refractivity contribution in [2.45, 2.75) is 19.5 Å². The summed E-state index contributed by atoms with van der Waals surface area (Å²) in [7, 11) is 0. The molecule has 2 aromatic carbocycles. The van der Waals surface area contributed by atoms with Crippen molar-refractivity contribution >= 4 is 10.9 Å². The van der Waals surface area contributed by atoms with E-state index in [0.717, 1.165) is 16.5 Å². The Bertz CT molecular complexity index is 720. The van der Waals surface area contributed by atoms with Crippen molar-refractivity contribution in [1.29, 1.82) is 0 Å². The molecule has 0 bridgehead atoms. The summed E-state index contributed by atoms with van der Waals surface area (Å²) < 4.78 is 13.7. The number of fused-ring (bicyclic) bond motifs is 1. The predicted molar refractivity (Wildman–Crippen MR) is 77.7 cm³/mol. The molecule has 20 heavy (non-hydrogen) atoms. The molecule has 0 aliphatic carbocycles. The van der Waals surface area contributed by atoms with Crippen LogP contribution < -0.4 is 5.32 Å². The van der Waals surface area contributed by atoms with Gasteiger partial charge < -0.3 is 5.32 Å². The van der Waals surface area contributed by atoms with Gasteiger partial charge in [0.25, 0.3) is 0 Å². The first kappa shape index (κ1) is 12.8. The number of hydrogen-bond acceptors (Lipinski definition) is 2. The average molecular weight is 269 g/mol. The molecule has 0 spiro atoms. The third-order valence-corrected chi connectivity index (χ3v) is 3.49. The first-order chi connectivity index (χ1) is 9.74. The molecule has 1 unspecified atom stereocenters.